The molecular formula is C25H32O3S. The molecule has 29 heavy (non-hydrogen) atoms. The number of aryl methyl sites for hydroxylation is 1. The van der Waals surface area contributed by atoms with Gasteiger partial charge in [0, 0.05) is 10.5 Å². The summed E-state index contributed by atoms with van der Waals surface area (Å²) in [6, 6.07) is 11.8. The van der Waals surface area contributed by atoms with Crippen molar-refractivity contribution in [3.63, 3.8) is 0 Å². The number of benzene rings is 2. The van der Waals surface area contributed by atoms with Gasteiger partial charge in [-0.05, 0) is 59.7 Å². The monoisotopic (exact) mass is 412 g/mol. The molecule has 0 aliphatic heterocycles. The van der Waals surface area contributed by atoms with Crippen LogP contribution >= 0.6 is 11.8 Å². The zero-order chi connectivity index (χ0) is 21.6. The van der Waals surface area contributed by atoms with E-state index in [1.165, 1.54) is 5.56 Å². The molecule has 0 unspecified atom stereocenters. The Morgan fingerprint density at radius 1 is 0.966 bits per heavy atom. The highest BCUT2D eigenvalue weighted by atomic mass is 32.2. The third-order valence-electron chi connectivity index (χ3n) is 4.85. The minimum atomic E-state index is -0.370. The van der Waals surface area contributed by atoms with Crippen LogP contribution in [0.1, 0.15) is 97.2 Å². The van der Waals surface area contributed by atoms with Gasteiger partial charge in [-0.25, -0.2) is 4.79 Å². The summed E-state index contributed by atoms with van der Waals surface area (Å²) in [5, 5.41) is -0.0576. The fourth-order valence-corrected chi connectivity index (χ4v) is 4.26. The molecule has 0 atom stereocenters. The van der Waals surface area contributed by atoms with Crippen LogP contribution < -0.4 is 0 Å². The van der Waals surface area contributed by atoms with Crippen LogP contribution in [0, 0.1) is 0 Å². The molecule has 2 aromatic rings. The molecule has 0 amide bonds. The van der Waals surface area contributed by atoms with Gasteiger partial charge >= 0.3 is 5.97 Å². The van der Waals surface area contributed by atoms with Crippen molar-refractivity contribution in [2.45, 2.75) is 71.1 Å². The Hall–Kier alpha value is -2.07. The number of hydrogen-bond donors (Lipinski definition) is 0. The van der Waals surface area contributed by atoms with Crippen LogP contribution in [0.5, 0.6) is 0 Å². The molecule has 3 nitrogen and oxygen atoms in total. The van der Waals surface area contributed by atoms with Crippen LogP contribution in [0.15, 0.2) is 41.3 Å². The summed E-state index contributed by atoms with van der Waals surface area (Å²) in [6.07, 6.45) is 2.08. The molecule has 156 valence electrons. The average Bonchev–Trinajstić information content (AvgIpc) is 2.68. The van der Waals surface area contributed by atoms with E-state index in [0.717, 1.165) is 35.7 Å². The number of carbonyl (C=O) groups excluding carboxylic acids is 2. The van der Waals surface area contributed by atoms with E-state index < -0.39 is 0 Å². The highest BCUT2D eigenvalue weighted by Gasteiger charge is 2.23. The third-order valence-corrected chi connectivity index (χ3v) is 5.93. The summed E-state index contributed by atoms with van der Waals surface area (Å²) in [7, 11) is 0. The van der Waals surface area contributed by atoms with E-state index in [9.17, 15) is 9.59 Å². The van der Waals surface area contributed by atoms with Crippen molar-refractivity contribution >= 4 is 22.8 Å². The normalized spacial score (nSPS) is 11.2. The largest absolute Gasteiger partial charge is 0.462 e. The molecule has 0 heterocycles. The number of carbonyl (C=O) groups is 2. The maximum absolute atomic E-state index is 13.0. The second-order valence-corrected chi connectivity index (χ2v) is 8.84. The SMILES string of the molecule is CCCc1ccc(C(=O)Sc2c(C(=O)OCC)cc(C(C)C)cc2C(C)C)cc1. The summed E-state index contributed by atoms with van der Waals surface area (Å²) in [5.74, 6) is 0.0936. The van der Waals surface area contributed by atoms with Gasteiger partial charge in [0.25, 0.3) is 0 Å². The minimum absolute atomic E-state index is 0.0576. The summed E-state index contributed by atoms with van der Waals surface area (Å²) in [4.78, 5) is 26.4. The van der Waals surface area contributed by atoms with Crippen LogP contribution in [-0.2, 0) is 11.2 Å². The fourth-order valence-electron chi connectivity index (χ4n) is 3.16. The van der Waals surface area contributed by atoms with Crippen molar-refractivity contribution in [1.29, 1.82) is 0 Å². The van der Waals surface area contributed by atoms with Crippen molar-refractivity contribution in [1.82, 2.24) is 0 Å². The van der Waals surface area contributed by atoms with E-state index in [1.54, 1.807) is 6.92 Å². The predicted octanol–water partition coefficient (Wildman–Crippen LogP) is 7.00. The fraction of sp³-hybridized carbons (Fsp3) is 0.440. The van der Waals surface area contributed by atoms with Gasteiger partial charge in [-0.1, -0.05) is 71.4 Å². The molecule has 0 radical (unpaired) electrons. The van der Waals surface area contributed by atoms with Gasteiger partial charge in [0.1, 0.15) is 0 Å². The molecule has 0 aliphatic rings. The Kier molecular flexibility index (Phi) is 8.51. The van der Waals surface area contributed by atoms with Crippen molar-refractivity contribution in [2.75, 3.05) is 6.61 Å². The molecule has 0 bridgehead atoms. The van der Waals surface area contributed by atoms with E-state index >= 15 is 0 Å². The van der Waals surface area contributed by atoms with Crippen LogP contribution in [0.25, 0.3) is 0 Å². The van der Waals surface area contributed by atoms with Gasteiger partial charge < -0.3 is 4.74 Å². The second-order valence-electron chi connectivity index (χ2n) is 7.85. The van der Waals surface area contributed by atoms with Crippen molar-refractivity contribution in [3.05, 3.63) is 64.2 Å². The quantitative estimate of drug-likeness (QED) is 0.346. The van der Waals surface area contributed by atoms with Gasteiger partial charge in [0.15, 0.2) is 0 Å². The predicted molar refractivity (Wildman–Crippen MR) is 121 cm³/mol. The first-order chi connectivity index (χ1) is 13.8. The summed E-state index contributed by atoms with van der Waals surface area (Å²) >= 11 is 1.13. The lowest BCUT2D eigenvalue weighted by Gasteiger charge is -2.19. The van der Waals surface area contributed by atoms with Gasteiger partial charge in [0.2, 0.25) is 5.12 Å². The van der Waals surface area contributed by atoms with Gasteiger partial charge in [-0.2, -0.15) is 0 Å². The Morgan fingerprint density at radius 3 is 2.14 bits per heavy atom. The molecule has 0 aliphatic carbocycles. The molecule has 0 aromatic heterocycles. The van der Waals surface area contributed by atoms with Crippen LogP contribution in [0.3, 0.4) is 0 Å². The molecule has 0 spiro atoms. The van der Waals surface area contributed by atoms with Crippen molar-refractivity contribution in [2.24, 2.45) is 0 Å². The van der Waals surface area contributed by atoms with Crippen LogP contribution in [0.4, 0.5) is 0 Å². The number of ether oxygens (including phenoxy) is 1. The Bertz CT molecular complexity index is 851. The lowest BCUT2D eigenvalue weighted by Crippen LogP contribution is -2.11. The topological polar surface area (TPSA) is 43.4 Å². The summed E-state index contributed by atoms with van der Waals surface area (Å²) in [5.41, 5.74) is 4.46. The average molecular weight is 413 g/mol. The molecule has 0 saturated carbocycles. The number of esters is 1. The first kappa shape index (κ1) is 23.2. The third kappa shape index (κ3) is 5.96. The van der Waals surface area contributed by atoms with Gasteiger partial charge in [0.05, 0.1) is 12.2 Å². The van der Waals surface area contributed by atoms with Crippen molar-refractivity contribution in [3.8, 4) is 0 Å². The summed E-state index contributed by atoms with van der Waals surface area (Å²) in [6.45, 7) is 12.6. The number of rotatable bonds is 8. The first-order valence-electron chi connectivity index (χ1n) is 10.4. The molecule has 2 rings (SSSR count). The smallest absolute Gasteiger partial charge is 0.339 e. The standard InChI is InChI=1S/C25H32O3S/c1-7-9-18-10-12-19(13-11-18)25(27)29-23-21(17(5)6)14-20(16(3)4)15-22(23)24(26)28-8-2/h10-17H,7-9H2,1-6H3. The summed E-state index contributed by atoms with van der Waals surface area (Å²) < 4.78 is 5.30. The number of thioether (sulfide) groups is 1. The minimum Gasteiger partial charge on any atom is -0.462 e. The van der Waals surface area contributed by atoms with Gasteiger partial charge in [-0.3, -0.25) is 4.79 Å². The second kappa shape index (κ2) is 10.6. The van der Waals surface area contributed by atoms with E-state index in [4.69, 9.17) is 4.74 Å². The Morgan fingerprint density at radius 2 is 1.62 bits per heavy atom. The molecule has 0 saturated heterocycles. The van der Waals surface area contributed by atoms with E-state index in [-0.39, 0.29) is 22.9 Å². The zero-order valence-corrected chi connectivity index (χ0v) is 19.2. The van der Waals surface area contributed by atoms with Crippen LogP contribution in [-0.4, -0.2) is 17.7 Å². The van der Waals surface area contributed by atoms with E-state index in [0.29, 0.717) is 22.6 Å². The molecular weight excluding hydrogens is 380 g/mol. The molecule has 0 N–H and O–H groups in total. The van der Waals surface area contributed by atoms with Crippen molar-refractivity contribution < 1.29 is 14.3 Å². The van der Waals surface area contributed by atoms with E-state index in [1.807, 2.05) is 30.3 Å². The maximum atomic E-state index is 13.0. The van der Waals surface area contributed by atoms with Crippen LogP contribution in [0.2, 0.25) is 0 Å². The maximum Gasteiger partial charge on any atom is 0.339 e. The first-order valence-corrected chi connectivity index (χ1v) is 11.3. The lowest BCUT2D eigenvalue weighted by molar-refractivity contribution is 0.0522. The zero-order valence-electron chi connectivity index (χ0n) is 18.4. The molecule has 4 heteroatoms. The van der Waals surface area contributed by atoms with E-state index in [2.05, 4.69) is 40.7 Å². The molecule has 0 fully saturated rings. The Balaban J connectivity index is 2.47. The number of hydrogen-bond acceptors (Lipinski definition) is 4. The lowest BCUT2D eigenvalue weighted by atomic mass is 9.93. The highest BCUT2D eigenvalue weighted by molar-refractivity contribution is 8.14. The molecule has 2 aromatic carbocycles. The van der Waals surface area contributed by atoms with Gasteiger partial charge in [-0.15, -0.1) is 0 Å². The highest BCUT2D eigenvalue weighted by Crippen LogP contribution is 2.37. The Labute approximate surface area is 179 Å².